The van der Waals surface area contributed by atoms with E-state index >= 15 is 0 Å². The van der Waals surface area contributed by atoms with Crippen molar-refractivity contribution in [2.75, 3.05) is 36.9 Å². The van der Waals surface area contributed by atoms with Crippen LogP contribution in [-0.4, -0.2) is 53.2 Å². The zero-order valence-corrected chi connectivity index (χ0v) is 15.5. The van der Waals surface area contributed by atoms with Gasteiger partial charge in [0, 0.05) is 38.3 Å². The molecule has 8 heteroatoms. The van der Waals surface area contributed by atoms with E-state index in [2.05, 4.69) is 34.1 Å². The maximum atomic E-state index is 15.0. The minimum absolute atomic E-state index is 0.135. The lowest BCUT2D eigenvalue weighted by Crippen LogP contribution is -2.58. The summed E-state index contributed by atoms with van der Waals surface area (Å²) in [6.45, 7) is 5.99. The molecule has 1 N–H and O–H groups in total. The molecule has 2 atom stereocenters. The van der Waals surface area contributed by atoms with Crippen LogP contribution < -0.4 is 15.9 Å². The molecule has 134 valence electrons. The molecule has 2 unspecified atom stereocenters. The van der Waals surface area contributed by atoms with Crippen LogP contribution in [0.15, 0.2) is 4.79 Å². The van der Waals surface area contributed by atoms with Crippen molar-refractivity contribution in [1.29, 1.82) is 0 Å². The molecule has 1 fully saturated rings. The Kier molecular flexibility index (Phi) is 3.70. The Labute approximate surface area is 150 Å². The minimum atomic E-state index is -0.463. The molecule has 1 saturated heterocycles. The van der Waals surface area contributed by atoms with E-state index in [1.54, 1.807) is 14.0 Å². The van der Waals surface area contributed by atoms with Crippen molar-refractivity contribution < 1.29 is 4.39 Å². The van der Waals surface area contributed by atoms with Crippen molar-refractivity contribution in [2.24, 2.45) is 7.05 Å². The number of nitrogens with one attached hydrogen (secondary N) is 1. The summed E-state index contributed by atoms with van der Waals surface area (Å²) < 4.78 is 16.3. The van der Waals surface area contributed by atoms with E-state index in [0.29, 0.717) is 40.1 Å². The average Bonchev–Trinajstić information content (AvgIpc) is 2.71. The van der Waals surface area contributed by atoms with Gasteiger partial charge in [-0.3, -0.25) is 9.47 Å². The Morgan fingerprint density at radius 3 is 2.76 bits per heavy atom. The van der Waals surface area contributed by atoms with Gasteiger partial charge in [0.25, 0.3) is 0 Å². The number of rotatable bonds is 0. The quantitative estimate of drug-likeness (QED) is 0.773. The van der Waals surface area contributed by atoms with Gasteiger partial charge in [-0.05, 0) is 20.9 Å². The summed E-state index contributed by atoms with van der Waals surface area (Å²) in [4.78, 5) is 21.1. The van der Waals surface area contributed by atoms with Crippen LogP contribution in [0.3, 0.4) is 0 Å². The van der Waals surface area contributed by atoms with Crippen molar-refractivity contribution in [3.63, 3.8) is 0 Å². The lowest BCUT2D eigenvalue weighted by Gasteiger charge is -2.43. The van der Waals surface area contributed by atoms with Crippen LogP contribution in [0.5, 0.6) is 0 Å². The lowest BCUT2D eigenvalue weighted by molar-refractivity contribution is 0.203. The van der Waals surface area contributed by atoms with Gasteiger partial charge in [-0.15, -0.1) is 0 Å². The normalized spacial score (nSPS) is 23.4. The summed E-state index contributed by atoms with van der Waals surface area (Å²) in [6.07, 6.45) is 0. The molecule has 1 aromatic carbocycles. The number of likely N-dealkylation sites (N-methyl/N-ethyl adjacent to an activating group) is 1. The molecule has 6 nitrogen and oxygen atoms in total. The van der Waals surface area contributed by atoms with E-state index in [4.69, 9.17) is 11.6 Å². The molecule has 1 aromatic heterocycles. The van der Waals surface area contributed by atoms with E-state index in [1.807, 2.05) is 0 Å². The highest BCUT2D eigenvalue weighted by atomic mass is 35.5. The molecule has 0 radical (unpaired) electrons. The predicted octanol–water partition coefficient (Wildman–Crippen LogP) is 1.97. The van der Waals surface area contributed by atoms with Gasteiger partial charge in [0.2, 0.25) is 0 Å². The van der Waals surface area contributed by atoms with Crippen LogP contribution in [0.4, 0.5) is 15.9 Å². The van der Waals surface area contributed by atoms with E-state index in [0.717, 1.165) is 13.1 Å². The predicted molar refractivity (Wildman–Crippen MR) is 98.4 cm³/mol. The largest absolute Gasteiger partial charge is 0.381 e. The summed E-state index contributed by atoms with van der Waals surface area (Å²) in [7, 11) is 3.63. The zero-order chi connectivity index (χ0) is 18.0. The van der Waals surface area contributed by atoms with Crippen LogP contribution in [0.25, 0.3) is 10.9 Å². The van der Waals surface area contributed by atoms with Gasteiger partial charge in [0.1, 0.15) is 5.82 Å². The highest BCUT2D eigenvalue weighted by Gasteiger charge is 2.36. The molecule has 3 heterocycles. The highest BCUT2D eigenvalue weighted by Crippen LogP contribution is 2.42. The molecule has 2 aliphatic heterocycles. The maximum Gasteiger partial charge on any atom is 0.349 e. The number of nitrogens with zero attached hydrogens (tertiary/aromatic N) is 4. The highest BCUT2D eigenvalue weighted by molar-refractivity contribution is 6.36. The fourth-order valence-electron chi connectivity index (χ4n) is 3.86. The van der Waals surface area contributed by atoms with Crippen molar-refractivity contribution >= 4 is 34.0 Å². The first-order chi connectivity index (χ1) is 11.8. The number of aryl methyl sites for hydroxylation is 1. The zero-order valence-electron chi connectivity index (χ0n) is 14.7. The second-order valence-electron chi connectivity index (χ2n) is 7.10. The van der Waals surface area contributed by atoms with Gasteiger partial charge < -0.3 is 10.2 Å². The van der Waals surface area contributed by atoms with Gasteiger partial charge in [-0.25, -0.2) is 9.18 Å². The van der Waals surface area contributed by atoms with Crippen LogP contribution in [0.2, 0.25) is 5.02 Å². The molecule has 2 aromatic rings. The number of benzene rings is 1. The Hall–Kier alpha value is -1.86. The molecular weight excluding hydrogens is 345 g/mol. The van der Waals surface area contributed by atoms with Crippen molar-refractivity contribution in [2.45, 2.75) is 25.9 Å². The van der Waals surface area contributed by atoms with Gasteiger partial charge in [-0.1, -0.05) is 11.6 Å². The standard InChI is InChI=1S/C17H21ClFN5O/c1-8-6-24-10(7-22(8)3)5-20-14-11-15(13(19)9(2)12(14)18)23(4)17(25)21-16(11)24/h8,10,20H,5-7H2,1-4H3. The van der Waals surface area contributed by atoms with Gasteiger partial charge in [-0.2, -0.15) is 4.98 Å². The monoisotopic (exact) mass is 365 g/mol. The number of aromatic nitrogens is 2. The minimum Gasteiger partial charge on any atom is -0.381 e. The average molecular weight is 366 g/mol. The molecule has 0 spiro atoms. The molecular formula is C17H21ClFN5O. The van der Waals surface area contributed by atoms with Gasteiger partial charge >= 0.3 is 5.69 Å². The summed E-state index contributed by atoms with van der Waals surface area (Å²) in [6, 6.07) is 0.445. The Balaban J connectivity index is 2.09. The van der Waals surface area contributed by atoms with E-state index in [9.17, 15) is 9.18 Å². The third kappa shape index (κ3) is 2.25. The lowest BCUT2D eigenvalue weighted by atomic mass is 10.1. The number of hydrogen-bond donors (Lipinski definition) is 1. The van der Waals surface area contributed by atoms with Crippen molar-refractivity contribution in [3.8, 4) is 0 Å². The molecule has 2 aliphatic rings. The van der Waals surface area contributed by atoms with Crippen molar-refractivity contribution in [3.05, 3.63) is 26.9 Å². The number of fused-ring (bicyclic) bond motifs is 2. The summed E-state index contributed by atoms with van der Waals surface area (Å²) in [5, 5.41) is 4.33. The third-order valence-corrected chi connectivity index (χ3v) is 6.03. The molecule has 0 saturated carbocycles. The second kappa shape index (κ2) is 5.57. The Bertz CT molecular complexity index is 943. The molecule has 25 heavy (non-hydrogen) atoms. The van der Waals surface area contributed by atoms with Crippen LogP contribution >= 0.6 is 11.6 Å². The van der Waals surface area contributed by atoms with Crippen LogP contribution in [0, 0.1) is 12.7 Å². The molecule has 0 amide bonds. The van der Waals surface area contributed by atoms with E-state index < -0.39 is 11.5 Å². The fourth-order valence-corrected chi connectivity index (χ4v) is 4.11. The van der Waals surface area contributed by atoms with E-state index in [1.165, 1.54) is 4.57 Å². The third-order valence-electron chi connectivity index (χ3n) is 5.56. The first kappa shape index (κ1) is 16.6. The summed E-state index contributed by atoms with van der Waals surface area (Å²) in [5.41, 5.74) is 0.806. The Morgan fingerprint density at radius 2 is 2.04 bits per heavy atom. The second-order valence-corrected chi connectivity index (χ2v) is 7.48. The number of hydrogen-bond acceptors (Lipinski definition) is 5. The Morgan fingerprint density at radius 1 is 1.32 bits per heavy atom. The number of piperazine rings is 1. The summed E-state index contributed by atoms with van der Waals surface area (Å²) >= 11 is 6.46. The number of anilines is 2. The van der Waals surface area contributed by atoms with Crippen LogP contribution in [0.1, 0.15) is 12.5 Å². The first-order valence-corrected chi connectivity index (χ1v) is 8.78. The topological polar surface area (TPSA) is 53.4 Å². The molecule has 0 bridgehead atoms. The van der Waals surface area contributed by atoms with E-state index in [-0.39, 0.29) is 11.6 Å². The maximum absolute atomic E-state index is 15.0. The SMILES string of the molecule is Cc1c(Cl)c2c3c(nc(=O)n(C)c3c1F)N1CC(C)N(C)CC1CN2. The summed E-state index contributed by atoms with van der Waals surface area (Å²) in [5.74, 6) is 0.0678. The van der Waals surface area contributed by atoms with Gasteiger partial charge in [0.05, 0.1) is 27.7 Å². The fraction of sp³-hybridized carbons (Fsp3) is 0.529. The van der Waals surface area contributed by atoms with Crippen molar-refractivity contribution in [1.82, 2.24) is 14.5 Å². The smallest absolute Gasteiger partial charge is 0.349 e. The molecule has 4 rings (SSSR count). The first-order valence-electron chi connectivity index (χ1n) is 8.40. The molecule has 0 aliphatic carbocycles. The number of halogens is 2. The van der Waals surface area contributed by atoms with Crippen LogP contribution in [-0.2, 0) is 7.05 Å². The van der Waals surface area contributed by atoms with Gasteiger partial charge in [0.15, 0.2) is 5.82 Å².